The van der Waals surface area contributed by atoms with Crippen molar-refractivity contribution in [3.8, 4) is 5.75 Å². The van der Waals surface area contributed by atoms with Gasteiger partial charge in [0, 0.05) is 12.3 Å². The second-order valence-electron chi connectivity index (χ2n) is 18.0. The zero-order chi connectivity index (χ0) is 53.4. The van der Waals surface area contributed by atoms with Crippen LogP contribution >= 0.6 is 11.3 Å². The molecule has 2 atom stereocenters. The summed E-state index contributed by atoms with van der Waals surface area (Å²) in [7, 11) is -4.91. The Morgan fingerprint density at radius 3 is 1.57 bits per heavy atom. The van der Waals surface area contributed by atoms with Gasteiger partial charge in [-0.1, -0.05) is 229 Å². The third-order valence-electron chi connectivity index (χ3n) is 13.0. The first kappa shape index (κ1) is 51.3. The molecule has 1 saturated heterocycles. The molecule has 10 rings (SSSR count). The molecule has 0 spiro atoms. The van der Waals surface area contributed by atoms with Crippen LogP contribution in [-0.2, 0) is 36.9 Å². The van der Waals surface area contributed by atoms with Gasteiger partial charge in [-0.25, -0.2) is 9.29 Å². The maximum absolute atomic E-state index is 14.5. The summed E-state index contributed by atoms with van der Waals surface area (Å²) in [6.45, 7) is 0.924. The summed E-state index contributed by atoms with van der Waals surface area (Å²) in [5.74, 6) is -2.00. The van der Waals surface area contributed by atoms with Gasteiger partial charge in [0.1, 0.15) is 23.4 Å². The molecule has 3 N–H and O–H groups in total. The molecule has 0 bridgehead atoms. The maximum Gasteiger partial charge on any atom is 0.362 e. The van der Waals surface area contributed by atoms with E-state index in [1.807, 2.05) is 212 Å². The van der Waals surface area contributed by atoms with Gasteiger partial charge in [-0.2, -0.15) is 13.1 Å². The Hall–Kier alpha value is -9.16. The Kier molecular flexibility index (Phi) is 15.2. The van der Waals surface area contributed by atoms with Crippen molar-refractivity contribution in [2.45, 2.75) is 43.4 Å². The molecular formula is C60H50N6O9S2. The topological polar surface area (TPSA) is 191 Å². The van der Waals surface area contributed by atoms with Crippen LogP contribution in [0, 0.1) is 0 Å². The van der Waals surface area contributed by atoms with Crippen LogP contribution in [0.1, 0.15) is 68.6 Å². The number of oxime groups is 1. The van der Waals surface area contributed by atoms with Crippen molar-refractivity contribution in [2.24, 2.45) is 5.16 Å². The highest BCUT2D eigenvalue weighted by Crippen LogP contribution is 2.41. The van der Waals surface area contributed by atoms with Crippen molar-refractivity contribution >= 4 is 44.3 Å². The SMILES string of the molecule is C[C@H]1[C@H](NC(=O)/C(=N\OCc2cc(=O)c(OC(c3ccccc3)c3ccccc3)cn2OC(c2ccccc2)c2ccccc2)c2cnc(NC(c3ccccc3)(c3ccccc3)c3ccccc3)s2)C(=O)N1S(=O)(=O)O. The number of amides is 2. The number of nitrogens with zero attached hydrogens (tertiary/aromatic N) is 4. The van der Waals surface area contributed by atoms with Crippen molar-refractivity contribution in [1.82, 2.24) is 19.3 Å². The zero-order valence-corrected chi connectivity index (χ0v) is 42.9. The molecule has 1 fully saturated rings. The minimum Gasteiger partial charge on any atom is -0.475 e. The Morgan fingerprint density at radius 2 is 1.13 bits per heavy atom. The fraction of sp³-hybridized carbons (Fsp3) is 0.117. The van der Waals surface area contributed by atoms with Crippen LogP contribution in [0.4, 0.5) is 5.13 Å². The molecule has 0 radical (unpaired) electrons. The lowest BCUT2D eigenvalue weighted by Gasteiger charge is -2.42. The number of β-lactam (4-membered cyclic amide) rings is 1. The molecule has 15 nitrogen and oxygen atoms in total. The van der Waals surface area contributed by atoms with Gasteiger partial charge in [-0.3, -0.25) is 18.9 Å². The van der Waals surface area contributed by atoms with E-state index in [9.17, 15) is 27.4 Å². The van der Waals surface area contributed by atoms with E-state index in [2.05, 4.69) is 15.8 Å². The normalized spacial score (nSPS) is 14.7. The lowest BCUT2D eigenvalue weighted by molar-refractivity contribution is -0.143. The van der Waals surface area contributed by atoms with Gasteiger partial charge in [0.05, 0.1) is 17.1 Å². The number of aromatic nitrogens is 2. The van der Waals surface area contributed by atoms with Crippen LogP contribution in [0.3, 0.4) is 0 Å². The van der Waals surface area contributed by atoms with E-state index in [1.54, 1.807) is 0 Å². The van der Waals surface area contributed by atoms with Gasteiger partial charge >= 0.3 is 10.3 Å². The summed E-state index contributed by atoms with van der Waals surface area (Å²) >= 11 is 1.08. The van der Waals surface area contributed by atoms with Gasteiger partial charge in [0.25, 0.3) is 11.8 Å². The number of carbonyl (C=O) groups excluding carboxylic acids is 2. The number of anilines is 1. The van der Waals surface area contributed by atoms with E-state index in [-0.39, 0.29) is 26.3 Å². The molecule has 17 heteroatoms. The van der Waals surface area contributed by atoms with Crippen molar-refractivity contribution in [1.29, 1.82) is 0 Å². The third-order valence-corrected chi connectivity index (χ3v) is 15.0. The predicted octanol–water partition coefficient (Wildman–Crippen LogP) is 9.53. The largest absolute Gasteiger partial charge is 0.475 e. The van der Waals surface area contributed by atoms with Crippen LogP contribution in [-0.4, -0.2) is 56.6 Å². The van der Waals surface area contributed by atoms with Crippen molar-refractivity contribution in [2.75, 3.05) is 5.32 Å². The van der Waals surface area contributed by atoms with Gasteiger partial charge in [0.2, 0.25) is 5.43 Å². The molecule has 9 aromatic rings. The molecule has 0 aliphatic carbocycles. The number of hydrogen-bond donors (Lipinski definition) is 3. The predicted molar refractivity (Wildman–Crippen MR) is 293 cm³/mol. The summed E-state index contributed by atoms with van der Waals surface area (Å²) in [6.07, 6.45) is 1.50. The van der Waals surface area contributed by atoms with E-state index in [0.29, 0.717) is 5.13 Å². The average molecular weight is 1060 g/mol. The lowest BCUT2D eigenvalue weighted by Crippen LogP contribution is -2.71. The van der Waals surface area contributed by atoms with E-state index in [4.69, 9.17) is 19.4 Å². The summed E-state index contributed by atoms with van der Waals surface area (Å²) in [4.78, 5) is 59.8. The second kappa shape index (κ2) is 22.8. The molecule has 3 heterocycles. The minimum atomic E-state index is -4.91. The van der Waals surface area contributed by atoms with Crippen molar-refractivity contribution in [3.05, 3.63) is 291 Å². The van der Waals surface area contributed by atoms with Gasteiger partial charge < -0.3 is 25.0 Å². The molecule has 2 aromatic heterocycles. The van der Waals surface area contributed by atoms with Crippen molar-refractivity contribution < 1.29 is 37.0 Å². The fourth-order valence-corrected chi connectivity index (χ4v) is 11.0. The zero-order valence-electron chi connectivity index (χ0n) is 41.3. The highest BCUT2D eigenvalue weighted by Gasteiger charge is 2.52. The van der Waals surface area contributed by atoms with E-state index in [1.165, 1.54) is 30.1 Å². The molecule has 77 heavy (non-hydrogen) atoms. The smallest absolute Gasteiger partial charge is 0.362 e. The number of thiazole rings is 1. The van der Waals surface area contributed by atoms with Crippen LogP contribution in [0.25, 0.3) is 0 Å². The number of carbonyl (C=O) groups is 2. The summed E-state index contributed by atoms with van der Waals surface area (Å²) < 4.78 is 42.2. The number of ether oxygens (including phenoxy) is 1. The highest BCUT2D eigenvalue weighted by atomic mass is 32.2. The van der Waals surface area contributed by atoms with Gasteiger partial charge in [-0.05, 0) is 45.9 Å². The summed E-state index contributed by atoms with van der Waals surface area (Å²) in [5, 5.41) is 11.0. The molecule has 1 aliphatic rings. The van der Waals surface area contributed by atoms with Gasteiger partial charge in [0.15, 0.2) is 29.3 Å². The Morgan fingerprint density at radius 1 is 0.688 bits per heavy atom. The fourth-order valence-electron chi connectivity index (χ4n) is 9.28. The summed E-state index contributed by atoms with van der Waals surface area (Å²) in [6, 6.07) is 66.5. The van der Waals surface area contributed by atoms with Crippen molar-refractivity contribution in [3.63, 3.8) is 0 Å². The molecule has 1 aliphatic heterocycles. The number of nitrogens with one attached hydrogen (secondary N) is 2. The maximum atomic E-state index is 14.5. The number of pyridine rings is 1. The van der Waals surface area contributed by atoms with E-state index >= 15 is 0 Å². The van der Waals surface area contributed by atoms with Crippen LogP contribution in [0.2, 0.25) is 0 Å². The first-order valence-corrected chi connectivity index (χ1v) is 26.7. The average Bonchev–Trinajstić information content (AvgIpc) is 3.98. The number of benzene rings is 7. The van der Waals surface area contributed by atoms with Crippen LogP contribution in [0.5, 0.6) is 5.75 Å². The Labute approximate surface area is 448 Å². The molecule has 386 valence electrons. The van der Waals surface area contributed by atoms with E-state index < -0.39 is 64.0 Å². The molecule has 2 amide bonds. The standard InChI is InChI=1S/C60H50N6O9S2/c1-41-53(58(69)66(41)77(70,71)72)62-57(68)54(52-38-61-59(76-52)63-60(46-31-17-6-18-32-46,47-33-19-7-20-34-47)48-35-21-8-22-36-48)64-73-40-49-37-50(67)51(74-55(42-23-9-2-10-24-42)43-25-11-3-12-26-43)39-65(49)75-56(44-27-13-4-14-28-44)45-29-15-5-16-30-45/h2-39,41,53,55-56H,40H2,1H3,(H,61,63)(H,62,68)(H,70,71,72)/b64-54-/t41-,53-/m0/s1. The molecule has 7 aromatic carbocycles. The van der Waals surface area contributed by atoms with E-state index in [0.717, 1.165) is 50.3 Å². The second-order valence-corrected chi connectivity index (χ2v) is 20.3. The molecular weight excluding hydrogens is 1010 g/mol. The molecule has 0 saturated carbocycles. The Balaban J connectivity index is 1.04. The number of rotatable bonds is 20. The lowest BCUT2D eigenvalue weighted by atomic mass is 9.77. The monoisotopic (exact) mass is 1060 g/mol. The first-order chi connectivity index (χ1) is 37.5. The van der Waals surface area contributed by atoms with Crippen LogP contribution < -0.4 is 25.6 Å². The highest BCUT2D eigenvalue weighted by molar-refractivity contribution is 7.84. The minimum absolute atomic E-state index is 0.0320. The quantitative estimate of drug-likeness (QED) is 0.0217. The Bertz CT molecular complexity index is 3500. The first-order valence-electron chi connectivity index (χ1n) is 24.5. The number of hydrogen-bond acceptors (Lipinski definition) is 12. The third kappa shape index (κ3) is 11.1. The van der Waals surface area contributed by atoms with Crippen LogP contribution in [0.15, 0.2) is 241 Å². The molecule has 0 unspecified atom stereocenters. The summed E-state index contributed by atoms with van der Waals surface area (Å²) in [5.41, 5.74) is 4.24. The van der Waals surface area contributed by atoms with Gasteiger partial charge in [-0.15, -0.1) is 0 Å².